The summed E-state index contributed by atoms with van der Waals surface area (Å²) in [5.41, 5.74) is 0.0242. The van der Waals surface area contributed by atoms with Crippen LogP contribution in [0.25, 0.3) is 0 Å². The van der Waals surface area contributed by atoms with Crippen molar-refractivity contribution in [3.63, 3.8) is 0 Å². The van der Waals surface area contributed by atoms with Crippen LogP contribution < -0.4 is 10.6 Å². The average molecular weight is 297 g/mol. The molecule has 0 bridgehead atoms. The summed E-state index contributed by atoms with van der Waals surface area (Å²) in [6, 6.07) is 2.87. The van der Waals surface area contributed by atoms with Gasteiger partial charge in [0.15, 0.2) is 0 Å². The monoisotopic (exact) mass is 297 g/mol. The number of nitrogens with zero attached hydrogens (tertiary/aromatic N) is 3. The first kappa shape index (κ1) is 17.1. The Labute approximate surface area is 124 Å². The van der Waals surface area contributed by atoms with Crippen molar-refractivity contribution in [3.05, 3.63) is 22.2 Å². The van der Waals surface area contributed by atoms with Gasteiger partial charge in [0.25, 0.3) is 5.69 Å². The van der Waals surface area contributed by atoms with Crippen molar-refractivity contribution in [1.29, 1.82) is 0 Å². The molecule has 1 aromatic heterocycles. The number of likely N-dealkylation sites (N-methyl/N-ethyl adjacent to an activating group) is 1. The van der Waals surface area contributed by atoms with Gasteiger partial charge in [-0.3, -0.25) is 10.1 Å². The first-order valence-corrected chi connectivity index (χ1v) is 6.88. The molecule has 1 rings (SSSR count). The van der Waals surface area contributed by atoms with Crippen LogP contribution in [-0.2, 0) is 4.74 Å². The van der Waals surface area contributed by atoms with Crippen LogP contribution in [0.4, 0.5) is 17.3 Å². The standard InChI is InChI=1S/C13H23N5O3/c1-4-14-12-9-11(18(19)20)10-13(16-12)15-5-6-17(2)7-8-21-3/h9-10H,4-8H2,1-3H3,(H2,14,15,16). The molecule has 8 heteroatoms. The Morgan fingerprint density at radius 1 is 1.33 bits per heavy atom. The van der Waals surface area contributed by atoms with Gasteiger partial charge in [-0.05, 0) is 14.0 Å². The van der Waals surface area contributed by atoms with E-state index in [1.165, 1.54) is 12.1 Å². The number of ether oxygens (including phenoxy) is 1. The molecule has 0 amide bonds. The van der Waals surface area contributed by atoms with Crippen molar-refractivity contribution < 1.29 is 9.66 Å². The maximum atomic E-state index is 10.9. The van der Waals surface area contributed by atoms with Crippen molar-refractivity contribution in [3.8, 4) is 0 Å². The molecule has 8 nitrogen and oxygen atoms in total. The number of hydrogen-bond acceptors (Lipinski definition) is 7. The number of nitrogens with one attached hydrogen (secondary N) is 2. The van der Waals surface area contributed by atoms with Gasteiger partial charge in [-0.1, -0.05) is 0 Å². The van der Waals surface area contributed by atoms with Gasteiger partial charge in [0.1, 0.15) is 11.6 Å². The number of nitro groups is 1. The van der Waals surface area contributed by atoms with E-state index in [-0.39, 0.29) is 5.69 Å². The smallest absolute Gasteiger partial charge is 0.276 e. The van der Waals surface area contributed by atoms with E-state index in [4.69, 9.17) is 4.74 Å². The summed E-state index contributed by atoms with van der Waals surface area (Å²) in [6.45, 7) is 5.54. The molecule has 21 heavy (non-hydrogen) atoms. The molecule has 0 atom stereocenters. The third-order valence-electron chi connectivity index (χ3n) is 2.86. The number of methoxy groups -OCH3 is 1. The summed E-state index contributed by atoms with van der Waals surface area (Å²) in [6.07, 6.45) is 0. The highest BCUT2D eigenvalue weighted by Gasteiger charge is 2.10. The maximum absolute atomic E-state index is 10.9. The second-order valence-electron chi connectivity index (χ2n) is 4.61. The molecule has 0 aliphatic heterocycles. The van der Waals surface area contributed by atoms with Crippen LogP contribution >= 0.6 is 0 Å². The molecule has 0 saturated carbocycles. The van der Waals surface area contributed by atoms with Crippen molar-refractivity contribution >= 4 is 17.3 Å². The van der Waals surface area contributed by atoms with Crippen LogP contribution in [0.15, 0.2) is 12.1 Å². The number of hydrogen-bond donors (Lipinski definition) is 2. The predicted octanol–water partition coefficient (Wildman–Crippen LogP) is 1.41. The van der Waals surface area contributed by atoms with Crippen LogP contribution in [0.1, 0.15) is 6.92 Å². The van der Waals surface area contributed by atoms with Crippen molar-refractivity contribution in [1.82, 2.24) is 9.88 Å². The van der Waals surface area contributed by atoms with Gasteiger partial charge in [-0.15, -0.1) is 0 Å². The molecule has 0 aromatic carbocycles. The van der Waals surface area contributed by atoms with E-state index in [0.717, 1.165) is 13.1 Å². The minimum atomic E-state index is -0.418. The average Bonchev–Trinajstić information content (AvgIpc) is 2.45. The fourth-order valence-corrected chi connectivity index (χ4v) is 1.72. The summed E-state index contributed by atoms with van der Waals surface area (Å²) in [7, 11) is 3.66. The highest BCUT2D eigenvalue weighted by atomic mass is 16.6. The van der Waals surface area contributed by atoms with E-state index in [2.05, 4.69) is 20.5 Å². The Hall–Kier alpha value is -1.93. The molecule has 1 aromatic rings. The van der Waals surface area contributed by atoms with Gasteiger partial charge in [0.2, 0.25) is 0 Å². The van der Waals surface area contributed by atoms with Gasteiger partial charge in [-0.2, -0.15) is 0 Å². The summed E-state index contributed by atoms with van der Waals surface area (Å²) >= 11 is 0. The quantitative estimate of drug-likeness (QED) is 0.498. The normalized spacial score (nSPS) is 10.7. The van der Waals surface area contributed by atoms with Gasteiger partial charge >= 0.3 is 0 Å². The Morgan fingerprint density at radius 3 is 2.57 bits per heavy atom. The molecule has 0 radical (unpaired) electrons. The minimum Gasteiger partial charge on any atom is -0.383 e. The molecule has 2 N–H and O–H groups in total. The zero-order chi connectivity index (χ0) is 15.7. The van der Waals surface area contributed by atoms with Crippen LogP contribution in [0.5, 0.6) is 0 Å². The summed E-state index contributed by atoms with van der Waals surface area (Å²) in [5, 5.41) is 17.0. The van der Waals surface area contributed by atoms with Crippen LogP contribution in [0, 0.1) is 10.1 Å². The lowest BCUT2D eigenvalue weighted by Crippen LogP contribution is -2.28. The SMILES string of the molecule is CCNc1cc([N+](=O)[O-])cc(NCCN(C)CCOC)n1. The molecule has 0 spiro atoms. The second-order valence-corrected chi connectivity index (χ2v) is 4.61. The topological polar surface area (TPSA) is 92.6 Å². The third-order valence-corrected chi connectivity index (χ3v) is 2.86. The van der Waals surface area contributed by atoms with Gasteiger partial charge in [0, 0.05) is 33.3 Å². The van der Waals surface area contributed by atoms with E-state index in [1.807, 2.05) is 14.0 Å². The minimum absolute atomic E-state index is 0.0242. The Bertz CT molecular complexity index is 455. The fraction of sp³-hybridized carbons (Fsp3) is 0.615. The van der Waals surface area contributed by atoms with Gasteiger partial charge < -0.3 is 20.3 Å². The number of anilines is 2. The second kappa shape index (κ2) is 9.09. The zero-order valence-electron chi connectivity index (χ0n) is 12.8. The molecular weight excluding hydrogens is 274 g/mol. The van der Waals surface area contributed by atoms with E-state index in [9.17, 15) is 10.1 Å². The Kier molecular flexibility index (Phi) is 7.41. The van der Waals surface area contributed by atoms with Gasteiger partial charge in [0.05, 0.1) is 23.7 Å². The lowest BCUT2D eigenvalue weighted by atomic mass is 10.3. The zero-order valence-corrected chi connectivity index (χ0v) is 12.8. The van der Waals surface area contributed by atoms with E-state index >= 15 is 0 Å². The van der Waals surface area contributed by atoms with E-state index in [0.29, 0.717) is 31.3 Å². The van der Waals surface area contributed by atoms with E-state index < -0.39 is 4.92 Å². The number of rotatable bonds is 10. The highest BCUT2D eigenvalue weighted by Crippen LogP contribution is 2.20. The Morgan fingerprint density at radius 2 is 2.00 bits per heavy atom. The first-order valence-electron chi connectivity index (χ1n) is 6.88. The molecule has 0 saturated heterocycles. The maximum Gasteiger partial charge on any atom is 0.276 e. The molecule has 0 aliphatic carbocycles. The highest BCUT2D eigenvalue weighted by molar-refractivity contribution is 5.54. The van der Waals surface area contributed by atoms with Crippen molar-refractivity contribution in [2.75, 3.05) is 57.6 Å². The summed E-state index contributed by atoms with van der Waals surface area (Å²) in [4.78, 5) is 16.9. The van der Waals surface area contributed by atoms with Crippen molar-refractivity contribution in [2.24, 2.45) is 0 Å². The molecule has 0 fully saturated rings. The van der Waals surface area contributed by atoms with Crippen LogP contribution in [0.3, 0.4) is 0 Å². The molecular formula is C13H23N5O3. The van der Waals surface area contributed by atoms with Crippen molar-refractivity contribution in [2.45, 2.75) is 6.92 Å². The molecule has 1 heterocycles. The molecule has 0 aliphatic rings. The van der Waals surface area contributed by atoms with E-state index in [1.54, 1.807) is 7.11 Å². The predicted molar refractivity (Wildman–Crippen MR) is 82.9 cm³/mol. The lowest BCUT2D eigenvalue weighted by Gasteiger charge is -2.16. The van der Waals surface area contributed by atoms with Crippen LogP contribution in [-0.4, -0.2) is 61.8 Å². The number of aromatic nitrogens is 1. The number of pyridine rings is 1. The largest absolute Gasteiger partial charge is 0.383 e. The molecule has 118 valence electrons. The van der Waals surface area contributed by atoms with Gasteiger partial charge in [-0.25, -0.2) is 4.98 Å². The third kappa shape index (κ3) is 6.37. The Balaban J connectivity index is 2.59. The fourth-order valence-electron chi connectivity index (χ4n) is 1.72. The summed E-state index contributed by atoms with van der Waals surface area (Å²) < 4.78 is 5.00. The molecule has 0 unspecified atom stereocenters. The lowest BCUT2D eigenvalue weighted by molar-refractivity contribution is -0.384. The summed E-state index contributed by atoms with van der Waals surface area (Å²) in [5.74, 6) is 1.00. The first-order chi connectivity index (χ1) is 10.1. The van der Waals surface area contributed by atoms with Crippen LogP contribution in [0.2, 0.25) is 0 Å².